The Bertz CT molecular complexity index is 1040. The van der Waals surface area contributed by atoms with E-state index in [0.717, 1.165) is 4.68 Å². The Kier molecular flexibility index (Phi) is 5.85. The highest BCUT2D eigenvalue weighted by atomic mass is 19.4. The van der Waals surface area contributed by atoms with Gasteiger partial charge in [-0.15, -0.1) is 0 Å². The van der Waals surface area contributed by atoms with Gasteiger partial charge in [0.05, 0.1) is 29.2 Å². The van der Waals surface area contributed by atoms with Gasteiger partial charge in [-0.3, -0.25) is 9.36 Å². The Morgan fingerprint density at radius 2 is 1.87 bits per heavy atom. The van der Waals surface area contributed by atoms with Crippen molar-refractivity contribution < 1.29 is 13.2 Å². The molecule has 0 spiro atoms. The molecule has 0 aliphatic heterocycles. The summed E-state index contributed by atoms with van der Waals surface area (Å²) < 4.78 is 42.4. The lowest BCUT2D eigenvalue weighted by atomic mass is 9.49. The smallest absolute Gasteiger partial charge is 0.370 e. The lowest BCUT2D eigenvalue weighted by Crippen LogP contribution is -2.37. The first-order chi connectivity index (χ1) is 14.3. The SMILES string of the molecule is [B]C([B])([B])n1nc(C(C)(C)n2cccn2)cc1Nc1ncc(C(F)(F)F)c(NCC)n1. The van der Waals surface area contributed by atoms with Gasteiger partial charge in [-0.25, -0.2) is 4.98 Å². The highest BCUT2D eigenvalue weighted by Gasteiger charge is 2.35. The molecule has 0 amide bonds. The van der Waals surface area contributed by atoms with Crippen molar-refractivity contribution >= 4 is 41.1 Å². The number of hydrogen-bond donors (Lipinski definition) is 2. The maximum Gasteiger partial charge on any atom is 0.421 e. The summed E-state index contributed by atoms with van der Waals surface area (Å²) in [6.07, 6.45) is -0.549. The standard InChI is InChI=1S/C17H18B3F3N8/c1-4-24-13-10(16(21,22)23)9-25-14(28-13)27-12-8-11(29-31(12)17(18,19)20)15(2,3)30-7-5-6-26-30/h5-9H,4H2,1-3H3,(H2,24,25,27,28). The molecule has 3 rings (SSSR count). The zero-order valence-corrected chi connectivity index (χ0v) is 17.1. The van der Waals surface area contributed by atoms with E-state index in [1.807, 2.05) is 13.8 Å². The first-order valence-electron chi connectivity index (χ1n) is 9.27. The van der Waals surface area contributed by atoms with Gasteiger partial charge in [0.2, 0.25) is 5.95 Å². The van der Waals surface area contributed by atoms with Crippen LogP contribution in [0.5, 0.6) is 0 Å². The summed E-state index contributed by atoms with van der Waals surface area (Å²) in [5.74, 6) is -0.307. The minimum atomic E-state index is -4.61. The van der Waals surface area contributed by atoms with E-state index < -0.39 is 22.5 Å². The Hall–Kier alpha value is -2.92. The quantitative estimate of drug-likeness (QED) is 0.565. The first kappa shape index (κ1) is 22.8. The maximum atomic E-state index is 13.2. The second-order valence-corrected chi connectivity index (χ2v) is 7.33. The van der Waals surface area contributed by atoms with E-state index >= 15 is 0 Å². The van der Waals surface area contributed by atoms with Crippen LogP contribution in [0.4, 0.5) is 30.8 Å². The van der Waals surface area contributed by atoms with Crippen molar-refractivity contribution in [3.8, 4) is 0 Å². The van der Waals surface area contributed by atoms with Gasteiger partial charge < -0.3 is 10.6 Å². The lowest BCUT2D eigenvalue weighted by Gasteiger charge is -2.25. The third-order valence-corrected chi connectivity index (χ3v) is 4.46. The number of hydrogen-bond acceptors (Lipinski definition) is 6. The van der Waals surface area contributed by atoms with Gasteiger partial charge >= 0.3 is 6.18 Å². The Balaban J connectivity index is 2.03. The minimum absolute atomic E-state index is 0.127. The van der Waals surface area contributed by atoms with Crippen LogP contribution in [-0.4, -0.2) is 59.6 Å². The van der Waals surface area contributed by atoms with Crippen LogP contribution >= 0.6 is 0 Å². The molecule has 6 radical (unpaired) electrons. The fourth-order valence-corrected chi connectivity index (χ4v) is 2.85. The largest absolute Gasteiger partial charge is 0.421 e. The summed E-state index contributed by atoms with van der Waals surface area (Å²) in [5, 5.41) is 12.1. The molecule has 0 saturated carbocycles. The first-order valence-corrected chi connectivity index (χ1v) is 9.27. The van der Waals surface area contributed by atoms with Gasteiger partial charge in [0.1, 0.15) is 22.7 Å². The van der Waals surface area contributed by atoms with Gasteiger partial charge in [-0.05, 0) is 32.1 Å². The number of anilines is 3. The molecule has 0 bridgehead atoms. The molecule has 3 aromatic heterocycles. The fraction of sp³-hybridized carbons (Fsp3) is 0.412. The Labute approximate surface area is 181 Å². The molecule has 156 valence electrons. The Morgan fingerprint density at radius 1 is 1.16 bits per heavy atom. The molecule has 3 heterocycles. The molecule has 2 N–H and O–H groups in total. The van der Waals surface area contributed by atoms with Gasteiger partial charge in [-0.1, -0.05) is 0 Å². The second-order valence-electron chi connectivity index (χ2n) is 7.33. The summed E-state index contributed by atoms with van der Waals surface area (Å²) in [4.78, 5) is 7.70. The predicted molar refractivity (Wildman–Crippen MR) is 113 cm³/mol. The molecule has 3 aromatic rings. The third kappa shape index (κ3) is 4.72. The zero-order chi connectivity index (χ0) is 23.0. The van der Waals surface area contributed by atoms with Crippen LogP contribution < -0.4 is 10.6 Å². The van der Waals surface area contributed by atoms with Crippen molar-refractivity contribution in [1.82, 2.24) is 29.5 Å². The van der Waals surface area contributed by atoms with Crippen LogP contribution in [0.25, 0.3) is 0 Å². The molecule has 0 aromatic carbocycles. The number of nitrogens with one attached hydrogen (secondary N) is 2. The van der Waals surface area contributed by atoms with Gasteiger partial charge in [0, 0.05) is 31.2 Å². The van der Waals surface area contributed by atoms with Crippen molar-refractivity contribution in [1.29, 1.82) is 0 Å². The molecule has 0 fully saturated rings. The van der Waals surface area contributed by atoms with Crippen molar-refractivity contribution in [3.05, 3.63) is 42.0 Å². The summed E-state index contributed by atoms with van der Waals surface area (Å²) in [6, 6.07) is 3.35. The van der Waals surface area contributed by atoms with Crippen molar-refractivity contribution in [2.24, 2.45) is 0 Å². The van der Waals surface area contributed by atoms with Crippen LogP contribution in [0.3, 0.4) is 0 Å². The van der Waals surface area contributed by atoms with E-state index in [9.17, 15) is 13.2 Å². The third-order valence-electron chi connectivity index (χ3n) is 4.46. The van der Waals surface area contributed by atoms with Crippen LogP contribution in [0.15, 0.2) is 30.7 Å². The molecule has 0 saturated heterocycles. The van der Waals surface area contributed by atoms with Crippen LogP contribution in [0, 0.1) is 0 Å². The molecular formula is C17H18B3F3N8. The minimum Gasteiger partial charge on any atom is -0.370 e. The average Bonchev–Trinajstić information content (AvgIpc) is 3.31. The molecule has 0 aliphatic carbocycles. The molecule has 0 unspecified atom stereocenters. The number of aromatic nitrogens is 6. The predicted octanol–water partition coefficient (Wildman–Crippen LogP) is 1.92. The van der Waals surface area contributed by atoms with Crippen LogP contribution in [-0.2, 0) is 17.0 Å². The van der Waals surface area contributed by atoms with Crippen LogP contribution in [0.2, 0.25) is 0 Å². The second kappa shape index (κ2) is 7.97. The highest BCUT2D eigenvalue weighted by molar-refractivity contribution is 6.56. The van der Waals surface area contributed by atoms with E-state index in [1.165, 1.54) is 0 Å². The Morgan fingerprint density at radius 3 is 2.42 bits per heavy atom. The van der Waals surface area contributed by atoms with Gasteiger partial charge in [-0.2, -0.15) is 28.4 Å². The fourth-order valence-electron chi connectivity index (χ4n) is 2.85. The maximum absolute atomic E-state index is 13.2. The number of rotatable bonds is 7. The number of nitrogens with zero attached hydrogens (tertiary/aromatic N) is 6. The molecule has 31 heavy (non-hydrogen) atoms. The number of halogens is 3. The summed E-state index contributed by atoms with van der Waals surface area (Å²) in [6.45, 7) is 5.61. The molecule has 14 heteroatoms. The van der Waals surface area contributed by atoms with E-state index in [0.29, 0.717) is 11.9 Å². The molecule has 0 atom stereocenters. The monoisotopic (exact) mass is 424 g/mol. The average molecular weight is 424 g/mol. The van der Waals surface area contributed by atoms with E-state index in [4.69, 9.17) is 23.5 Å². The highest BCUT2D eigenvalue weighted by Crippen LogP contribution is 2.34. The number of alkyl halides is 3. The lowest BCUT2D eigenvalue weighted by molar-refractivity contribution is -0.137. The summed E-state index contributed by atoms with van der Waals surface area (Å²) in [5.41, 5.74) is -1.21. The van der Waals surface area contributed by atoms with Crippen molar-refractivity contribution in [2.45, 2.75) is 37.7 Å². The summed E-state index contributed by atoms with van der Waals surface area (Å²) >= 11 is 0. The zero-order valence-electron chi connectivity index (χ0n) is 17.1. The van der Waals surface area contributed by atoms with Gasteiger partial charge in [0.25, 0.3) is 0 Å². The van der Waals surface area contributed by atoms with Crippen LogP contribution in [0.1, 0.15) is 32.0 Å². The van der Waals surface area contributed by atoms with E-state index in [-0.39, 0.29) is 24.1 Å². The summed E-state index contributed by atoms with van der Waals surface area (Å²) in [7, 11) is 17.5. The molecule has 0 aliphatic rings. The van der Waals surface area contributed by atoms with Crippen molar-refractivity contribution in [2.75, 3.05) is 17.2 Å². The van der Waals surface area contributed by atoms with E-state index in [2.05, 4.69) is 30.8 Å². The van der Waals surface area contributed by atoms with Crippen molar-refractivity contribution in [3.63, 3.8) is 0 Å². The molecular weight excluding hydrogens is 406 g/mol. The normalized spacial score (nSPS) is 12.7. The van der Waals surface area contributed by atoms with E-state index in [1.54, 1.807) is 36.1 Å². The van der Waals surface area contributed by atoms with Gasteiger partial charge in [0.15, 0.2) is 0 Å². The molecule has 8 nitrogen and oxygen atoms in total. The topological polar surface area (TPSA) is 85.5 Å².